The molecular weight excluding hydrogens is 489 g/mol. The Balaban J connectivity index is 0.000000474. The van der Waals surface area contributed by atoms with Gasteiger partial charge in [0, 0.05) is 16.2 Å². The van der Waals surface area contributed by atoms with Crippen LogP contribution in [-0.2, 0) is 17.7 Å². The van der Waals surface area contributed by atoms with Gasteiger partial charge in [-0.1, -0.05) is 99.1 Å². The molecule has 0 bridgehead atoms. The predicted molar refractivity (Wildman–Crippen MR) is 168 cm³/mol. The van der Waals surface area contributed by atoms with Crippen molar-refractivity contribution in [2.45, 2.75) is 66.6 Å². The zero-order valence-electron chi connectivity index (χ0n) is 23.7. The average molecular weight is 530 g/mol. The molecule has 3 aromatic rings. The minimum absolute atomic E-state index is 0.0393. The molecule has 38 heavy (non-hydrogen) atoms. The Morgan fingerprint density at radius 2 is 1.42 bits per heavy atom. The monoisotopic (exact) mass is 529 g/mol. The average Bonchev–Trinajstić information content (AvgIpc) is 2.84. The first-order valence-corrected chi connectivity index (χ1v) is 13.3. The molecule has 0 heterocycles. The van der Waals surface area contributed by atoms with Crippen LogP contribution in [0.4, 0.5) is 0 Å². The third kappa shape index (κ3) is 12.0. The summed E-state index contributed by atoms with van der Waals surface area (Å²) in [4.78, 5) is 12.5. The maximum atomic E-state index is 6.46. The van der Waals surface area contributed by atoms with Crippen molar-refractivity contribution >= 4 is 43.2 Å². The standard InChI is InChI=1S/C24H32BClN2O.C8H9N/c1-23(2,3)17-25(29-24(4,5)6)20-13-18(14-21(26)15-20)16-28-22(27-7)19-11-9-8-10-12-19;1-9-7-8-5-3-2-4-6-8/h8-15H,7,16-17H2,1-6H3;2-6H,1,7H2. The fourth-order valence-electron chi connectivity index (χ4n) is 3.86. The fourth-order valence-corrected chi connectivity index (χ4v) is 4.13. The van der Waals surface area contributed by atoms with Crippen LogP contribution in [0.25, 0.3) is 0 Å². The Morgan fingerprint density at radius 1 is 0.816 bits per heavy atom. The highest BCUT2D eigenvalue weighted by atomic mass is 35.5. The summed E-state index contributed by atoms with van der Waals surface area (Å²) in [6.07, 6.45) is 0.900. The number of nitrogens with zero attached hydrogens (tertiary/aromatic N) is 3. The molecule has 0 aliphatic rings. The van der Waals surface area contributed by atoms with Crippen molar-refractivity contribution in [1.29, 1.82) is 0 Å². The van der Waals surface area contributed by atoms with Crippen LogP contribution >= 0.6 is 11.6 Å². The molecule has 4 nitrogen and oxygen atoms in total. The second-order valence-corrected chi connectivity index (χ2v) is 11.8. The minimum Gasteiger partial charge on any atom is -0.426 e. The molecule has 3 rings (SSSR count). The lowest BCUT2D eigenvalue weighted by molar-refractivity contribution is 0.129. The first-order valence-electron chi connectivity index (χ1n) is 12.9. The Labute approximate surface area is 235 Å². The predicted octanol–water partition coefficient (Wildman–Crippen LogP) is 7.93. The van der Waals surface area contributed by atoms with Crippen LogP contribution < -0.4 is 5.46 Å². The van der Waals surface area contributed by atoms with E-state index in [1.54, 1.807) is 0 Å². The van der Waals surface area contributed by atoms with E-state index < -0.39 is 0 Å². The summed E-state index contributed by atoms with van der Waals surface area (Å²) in [6.45, 7) is 21.2. The van der Waals surface area contributed by atoms with Crippen molar-refractivity contribution in [2.24, 2.45) is 20.4 Å². The molecule has 0 spiro atoms. The van der Waals surface area contributed by atoms with Gasteiger partial charge in [0.2, 0.25) is 0 Å². The van der Waals surface area contributed by atoms with Gasteiger partial charge < -0.3 is 4.65 Å². The van der Waals surface area contributed by atoms with Crippen LogP contribution in [0.3, 0.4) is 0 Å². The summed E-state index contributed by atoms with van der Waals surface area (Å²) in [5.74, 6) is 0.629. The van der Waals surface area contributed by atoms with E-state index in [9.17, 15) is 0 Å². The summed E-state index contributed by atoms with van der Waals surface area (Å²) >= 11 is 6.46. The van der Waals surface area contributed by atoms with Gasteiger partial charge in [0.25, 0.3) is 0 Å². The quantitative estimate of drug-likeness (QED) is 0.166. The highest BCUT2D eigenvalue weighted by Crippen LogP contribution is 2.25. The minimum atomic E-state index is -0.246. The highest BCUT2D eigenvalue weighted by Gasteiger charge is 2.30. The van der Waals surface area contributed by atoms with Crippen LogP contribution in [-0.4, -0.2) is 31.8 Å². The van der Waals surface area contributed by atoms with Gasteiger partial charge in [0.15, 0.2) is 5.84 Å². The SMILES string of the molecule is C=NC(=NCc1cc(Cl)cc(B(CC(C)(C)C)OC(C)(C)C)c1)c1ccccc1.C=NCc1ccccc1. The van der Waals surface area contributed by atoms with E-state index >= 15 is 0 Å². The van der Waals surface area contributed by atoms with Gasteiger partial charge in [-0.3, -0.25) is 9.98 Å². The molecule has 0 saturated carbocycles. The van der Waals surface area contributed by atoms with Gasteiger partial charge in [-0.25, -0.2) is 4.99 Å². The molecule has 0 unspecified atom stereocenters. The van der Waals surface area contributed by atoms with Gasteiger partial charge in [0.05, 0.1) is 13.1 Å². The zero-order chi connectivity index (χ0) is 28.2. The molecule has 0 radical (unpaired) electrons. The molecule has 3 aromatic carbocycles. The van der Waals surface area contributed by atoms with Crippen LogP contribution in [0.1, 0.15) is 58.2 Å². The highest BCUT2D eigenvalue weighted by molar-refractivity contribution is 6.68. The van der Waals surface area contributed by atoms with E-state index in [0.29, 0.717) is 17.4 Å². The Hall–Kier alpha value is -3.02. The molecule has 0 aliphatic heterocycles. The van der Waals surface area contributed by atoms with E-state index in [2.05, 4.69) is 76.0 Å². The summed E-state index contributed by atoms with van der Waals surface area (Å²) < 4.78 is 6.40. The summed E-state index contributed by atoms with van der Waals surface area (Å²) in [7, 11) is 0. The summed E-state index contributed by atoms with van der Waals surface area (Å²) in [5.41, 5.74) is 4.16. The fraction of sp³-hybridized carbons (Fsp3) is 0.344. The van der Waals surface area contributed by atoms with Crippen molar-refractivity contribution in [3.8, 4) is 0 Å². The Kier molecular flexibility index (Phi) is 12.2. The summed E-state index contributed by atoms with van der Waals surface area (Å²) in [6, 6.07) is 26.0. The maximum Gasteiger partial charge on any atom is 0.327 e. The van der Waals surface area contributed by atoms with Crippen LogP contribution in [0.2, 0.25) is 11.3 Å². The first kappa shape index (κ1) is 31.2. The van der Waals surface area contributed by atoms with E-state index in [1.165, 1.54) is 5.56 Å². The lowest BCUT2D eigenvalue weighted by Crippen LogP contribution is -2.42. The van der Waals surface area contributed by atoms with Gasteiger partial charge in [-0.15, -0.1) is 0 Å². The normalized spacial score (nSPS) is 11.8. The van der Waals surface area contributed by atoms with E-state index in [4.69, 9.17) is 16.3 Å². The van der Waals surface area contributed by atoms with Crippen LogP contribution in [0.5, 0.6) is 0 Å². The lowest BCUT2D eigenvalue weighted by atomic mass is 9.52. The first-order chi connectivity index (χ1) is 17.9. The number of amidine groups is 1. The van der Waals surface area contributed by atoms with Gasteiger partial charge in [-0.05, 0) is 74.7 Å². The summed E-state index contributed by atoms with van der Waals surface area (Å²) in [5, 5.41) is 0.692. The Morgan fingerprint density at radius 3 is 1.95 bits per heavy atom. The number of benzene rings is 3. The number of halogens is 1. The van der Waals surface area contributed by atoms with E-state index in [-0.39, 0.29) is 17.9 Å². The maximum absolute atomic E-state index is 6.46. The van der Waals surface area contributed by atoms with Crippen molar-refractivity contribution < 1.29 is 4.65 Å². The van der Waals surface area contributed by atoms with Crippen molar-refractivity contribution in [3.63, 3.8) is 0 Å². The smallest absolute Gasteiger partial charge is 0.327 e. The number of hydrogen-bond acceptors (Lipinski definition) is 3. The van der Waals surface area contributed by atoms with Gasteiger partial charge in [-0.2, -0.15) is 0 Å². The molecular formula is C32H41BClN3O. The number of rotatable bonds is 8. The number of hydrogen-bond donors (Lipinski definition) is 0. The van der Waals surface area contributed by atoms with Crippen LogP contribution in [0, 0.1) is 5.41 Å². The number of aliphatic imine (C=N–C) groups is 3. The molecule has 200 valence electrons. The zero-order valence-corrected chi connectivity index (χ0v) is 24.5. The third-order valence-electron chi connectivity index (χ3n) is 5.38. The second-order valence-electron chi connectivity index (χ2n) is 11.4. The molecule has 0 fully saturated rings. The van der Waals surface area contributed by atoms with Gasteiger partial charge in [0.1, 0.15) is 0 Å². The molecule has 0 amide bonds. The van der Waals surface area contributed by atoms with Gasteiger partial charge >= 0.3 is 6.92 Å². The van der Waals surface area contributed by atoms with Crippen LogP contribution in [0.15, 0.2) is 93.8 Å². The van der Waals surface area contributed by atoms with E-state index in [0.717, 1.165) is 29.5 Å². The molecule has 0 atom stereocenters. The largest absolute Gasteiger partial charge is 0.426 e. The van der Waals surface area contributed by atoms with E-state index in [1.807, 2.05) is 72.8 Å². The second kappa shape index (κ2) is 14.8. The van der Waals surface area contributed by atoms with Crippen molar-refractivity contribution in [1.82, 2.24) is 0 Å². The molecule has 0 saturated heterocycles. The lowest BCUT2D eigenvalue weighted by Gasteiger charge is -2.30. The van der Waals surface area contributed by atoms with Crippen molar-refractivity contribution in [2.75, 3.05) is 0 Å². The molecule has 0 N–H and O–H groups in total. The molecule has 0 aromatic heterocycles. The topological polar surface area (TPSA) is 46.3 Å². The third-order valence-corrected chi connectivity index (χ3v) is 5.59. The van der Waals surface area contributed by atoms with Crippen molar-refractivity contribution in [3.05, 3.63) is 101 Å². The Bertz CT molecular complexity index is 1170. The molecule has 6 heteroatoms. The molecule has 0 aliphatic carbocycles.